The number of carbonyl (C=O) groups is 4. The Balaban J connectivity index is 2.17. The Labute approximate surface area is 144 Å². The quantitative estimate of drug-likeness (QED) is 0.671. The fourth-order valence-electron chi connectivity index (χ4n) is 2.45. The second-order valence-electron chi connectivity index (χ2n) is 5.55. The summed E-state index contributed by atoms with van der Waals surface area (Å²) in [5.74, 6) is -1.43. The Bertz CT molecular complexity index is 785. The minimum atomic E-state index is -1.39. The number of nitrogens with zero attached hydrogens (tertiary/aromatic N) is 2. The molecular weight excluding hydrogens is 326 g/mol. The second-order valence-corrected chi connectivity index (χ2v) is 5.55. The first kappa shape index (κ1) is 17.9. The molecule has 9 nitrogen and oxygen atoms in total. The lowest BCUT2D eigenvalue weighted by molar-refractivity contribution is -0.134. The summed E-state index contributed by atoms with van der Waals surface area (Å²) >= 11 is 0. The van der Waals surface area contributed by atoms with E-state index in [0.29, 0.717) is 17.7 Å². The molecule has 9 heteroatoms. The van der Waals surface area contributed by atoms with Crippen LogP contribution < -0.4 is 16.0 Å². The molecule has 1 unspecified atom stereocenters. The molecule has 6 amide bonds. The maximum absolute atomic E-state index is 12.7. The first-order valence-corrected chi connectivity index (χ1v) is 7.54. The third kappa shape index (κ3) is 3.58. The van der Waals surface area contributed by atoms with Gasteiger partial charge < -0.3 is 10.6 Å². The Morgan fingerprint density at radius 3 is 2.72 bits per heavy atom. The number of amides is 6. The molecule has 0 bridgehead atoms. The largest absolute Gasteiger partial charge is 0.338 e. The van der Waals surface area contributed by atoms with E-state index in [0.717, 1.165) is 4.90 Å². The van der Waals surface area contributed by atoms with Gasteiger partial charge in [-0.2, -0.15) is 5.26 Å². The van der Waals surface area contributed by atoms with Gasteiger partial charge in [0.1, 0.15) is 12.1 Å². The number of urea groups is 2. The van der Waals surface area contributed by atoms with E-state index in [9.17, 15) is 19.2 Å². The predicted octanol–water partition coefficient (Wildman–Crippen LogP) is 0.171. The van der Waals surface area contributed by atoms with Gasteiger partial charge in [-0.1, -0.05) is 12.1 Å². The maximum Gasteiger partial charge on any atom is 0.325 e. The highest BCUT2D eigenvalue weighted by molar-refractivity contribution is 6.10. The van der Waals surface area contributed by atoms with Gasteiger partial charge in [0.25, 0.3) is 5.91 Å². The summed E-state index contributed by atoms with van der Waals surface area (Å²) in [7, 11) is 0. The van der Waals surface area contributed by atoms with Crippen LogP contribution in [-0.2, 0) is 15.1 Å². The van der Waals surface area contributed by atoms with Gasteiger partial charge in [-0.15, -0.1) is 0 Å². The molecule has 1 saturated heterocycles. The van der Waals surface area contributed by atoms with Crippen molar-refractivity contribution in [3.05, 3.63) is 35.4 Å². The SMILES string of the molecule is CCNC(=O)NC(=O)CN1C(=O)NC(C)(c2cccc(C#N)c2)C1=O. The van der Waals surface area contributed by atoms with Crippen molar-refractivity contribution in [2.75, 3.05) is 13.1 Å². The zero-order chi connectivity index (χ0) is 18.6. The van der Waals surface area contributed by atoms with Crippen molar-refractivity contribution in [3.63, 3.8) is 0 Å². The van der Waals surface area contributed by atoms with Crippen LogP contribution in [0.2, 0.25) is 0 Å². The average molecular weight is 343 g/mol. The smallest absolute Gasteiger partial charge is 0.325 e. The van der Waals surface area contributed by atoms with E-state index in [1.165, 1.54) is 13.0 Å². The molecular formula is C16H17N5O4. The molecule has 1 fully saturated rings. The zero-order valence-corrected chi connectivity index (χ0v) is 13.8. The number of carbonyl (C=O) groups excluding carboxylic acids is 4. The minimum absolute atomic E-state index is 0.329. The summed E-state index contributed by atoms with van der Waals surface area (Å²) < 4.78 is 0. The lowest BCUT2D eigenvalue weighted by Gasteiger charge is -2.22. The number of nitrogens with one attached hydrogen (secondary N) is 3. The fraction of sp³-hybridized carbons (Fsp3) is 0.312. The third-order valence-corrected chi connectivity index (χ3v) is 3.74. The van der Waals surface area contributed by atoms with Crippen molar-refractivity contribution in [2.45, 2.75) is 19.4 Å². The van der Waals surface area contributed by atoms with E-state index >= 15 is 0 Å². The molecule has 0 spiro atoms. The van der Waals surface area contributed by atoms with Crippen molar-refractivity contribution in [3.8, 4) is 6.07 Å². The Kier molecular flexibility index (Phi) is 5.02. The first-order chi connectivity index (χ1) is 11.8. The maximum atomic E-state index is 12.7. The topological polar surface area (TPSA) is 131 Å². The molecule has 1 aromatic rings. The molecule has 0 saturated carbocycles. The first-order valence-electron chi connectivity index (χ1n) is 7.54. The lowest BCUT2D eigenvalue weighted by atomic mass is 9.91. The van der Waals surface area contributed by atoms with Crippen LogP contribution in [0.4, 0.5) is 9.59 Å². The van der Waals surface area contributed by atoms with Gasteiger partial charge >= 0.3 is 12.1 Å². The van der Waals surface area contributed by atoms with Crippen molar-refractivity contribution in [2.24, 2.45) is 0 Å². The molecule has 2 rings (SSSR count). The van der Waals surface area contributed by atoms with Gasteiger partial charge in [0.05, 0.1) is 11.6 Å². The molecule has 0 aliphatic carbocycles. The van der Waals surface area contributed by atoms with Crippen LogP contribution in [0.25, 0.3) is 0 Å². The minimum Gasteiger partial charge on any atom is -0.338 e. The number of benzene rings is 1. The molecule has 1 aromatic carbocycles. The molecule has 25 heavy (non-hydrogen) atoms. The fourth-order valence-corrected chi connectivity index (χ4v) is 2.45. The molecule has 0 radical (unpaired) electrons. The van der Waals surface area contributed by atoms with Crippen LogP contribution in [0.3, 0.4) is 0 Å². The number of hydrogen-bond donors (Lipinski definition) is 3. The summed E-state index contributed by atoms with van der Waals surface area (Å²) in [6.45, 7) is 2.92. The van der Waals surface area contributed by atoms with E-state index in [1.807, 2.05) is 11.4 Å². The van der Waals surface area contributed by atoms with Crippen LogP contribution in [0.1, 0.15) is 25.0 Å². The molecule has 1 aliphatic rings. The average Bonchev–Trinajstić information content (AvgIpc) is 2.79. The Morgan fingerprint density at radius 1 is 1.36 bits per heavy atom. The van der Waals surface area contributed by atoms with Crippen LogP contribution >= 0.6 is 0 Å². The standard InChI is InChI=1S/C16H17N5O4/c1-3-18-14(24)19-12(22)9-21-13(23)16(2,20-15(21)25)11-6-4-5-10(7-11)8-17/h4-7H,3,9H2,1-2H3,(H,20,25)(H2,18,19,22,24). The number of hydrogen-bond acceptors (Lipinski definition) is 5. The molecule has 130 valence electrons. The second kappa shape index (κ2) is 7.00. The molecule has 0 aromatic heterocycles. The number of nitriles is 1. The van der Waals surface area contributed by atoms with E-state index in [-0.39, 0.29) is 0 Å². The lowest BCUT2D eigenvalue weighted by Crippen LogP contribution is -2.46. The Hall–Kier alpha value is -3.41. The third-order valence-electron chi connectivity index (χ3n) is 3.74. The highest BCUT2D eigenvalue weighted by atomic mass is 16.2. The number of imide groups is 2. The van der Waals surface area contributed by atoms with Gasteiger partial charge in [0.2, 0.25) is 5.91 Å². The van der Waals surface area contributed by atoms with Gasteiger partial charge in [-0.05, 0) is 31.5 Å². The van der Waals surface area contributed by atoms with E-state index in [2.05, 4.69) is 10.6 Å². The van der Waals surface area contributed by atoms with Crippen LogP contribution in [-0.4, -0.2) is 41.9 Å². The molecule has 1 atom stereocenters. The van der Waals surface area contributed by atoms with E-state index < -0.39 is 36.0 Å². The highest BCUT2D eigenvalue weighted by Gasteiger charge is 2.49. The highest BCUT2D eigenvalue weighted by Crippen LogP contribution is 2.29. The zero-order valence-electron chi connectivity index (χ0n) is 13.8. The van der Waals surface area contributed by atoms with Crippen LogP contribution in [0, 0.1) is 11.3 Å². The molecule has 1 heterocycles. The monoisotopic (exact) mass is 343 g/mol. The summed E-state index contributed by atoms with van der Waals surface area (Å²) in [4.78, 5) is 48.7. The van der Waals surface area contributed by atoms with Crippen molar-refractivity contribution in [1.29, 1.82) is 5.26 Å². The van der Waals surface area contributed by atoms with E-state index in [1.54, 1.807) is 25.1 Å². The van der Waals surface area contributed by atoms with E-state index in [4.69, 9.17) is 5.26 Å². The van der Waals surface area contributed by atoms with Gasteiger partial charge in [-0.3, -0.25) is 19.8 Å². The predicted molar refractivity (Wildman–Crippen MR) is 86.0 cm³/mol. The van der Waals surface area contributed by atoms with Gasteiger partial charge in [0, 0.05) is 6.54 Å². The van der Waals surface area contributed by atoms with Crippen molar-refractivity contribution < 1.29 is 19.2 Å². The molecule has 1 aliphatic heterocycles. The van der Waals surface area contributed by atoms with Crippen LogP contribution in [0.15, 0.2) is 24.3 Å². The van der Waals surface area contributed by atoms with Crippen molar-refractivity contribution >= 4 is 23.9 Å². The van der Waals surface area contributed by atoms with Gasteiger partial charge in [0.15, 0.2) is 0 Å². The van der Waals surface area contributed by atoms with Gasteiger partial charge in [-0.25, -0.2) is 9.59 Å². The normalized spacial score (nSPS) is 19.2. The molecule has 3 N–H and O–H groups in total. The summed E-state index contributed by atoms with van der Waals surface area (Å²) in [6.07, 6.45) is 0. The summed E-state index contributed by atoms with van der Waals surface area (Å²) in [5.41, 5.74) is -0.625. The van der Waals surface area contributed by atoms with Crippen molar-refractivity contribution in [1.82, 2.24) is 20.9 Å². The summed E-state index contributed by atoms with van der Waals surface area (Å²) in [5, 5.41) is 15.9. The number of rotatable bonds is 4. The van der Waals surface area contributed by atoms with Crippen LogP contribution in [0.5, 0.6) is 0 Å². The summed E-state index contributed by atoms with van der Waals surface area (Å²) in [6, 6.07) is 6.79. The Morgan fingerprint density at radius 2 is 2.08 bits per heavy atom.